The van der Waals surface area contributed by atoms with Crippen LogP contribution >= 0.6 is 12.4 Å². The molecule has 0 bridgehead atoms. The molecular formula is C13H21ClN2O2. The van der Waals surface area contributed by atoms with Crippen LogP contribution in [0.1, 0.15) is 18.9 Å². The van der Waals surface area contributed by atoms with Gasteiger partial charge in [-0.15, -0.1) is 12.4 Å². The first kappa shape index (κ1) is 16.7. The van der Waals surface area contributed by atoms with Crippen LogP contribution in [0, 0.1) is 0 Å². The van der Waals surface area contributed by atoms with Crippen LogP contribution in [-0.4, -0.2) is 25.7 Å². The average Bonchev–Trinajstić information content (AvgIpc) is 2.34. The van der Waals surface area contributed by atoms with Crippen molar-refractivity contribution in [2.45, 2.75) is 19.8 Å². The maximum absolute atomic E-state index is 11.5. The maximum Gasteiger partial charge on any atom is 0.220 e. The Morgan fingerprint density at radius 1 is 1.39 bits per heavy atom. The van der Waals surface area contributed by atoms with Gasteiger partial charge in [0.15, 0.2) is 0 Å². The lowest BCUT2D eigenvalue weighted by molar-refractivity contribution is -0.121. The highest BCUT2D eigenvalue weighted by atomic mass is 35.5. The number of hydrogen-bond acceptors (Lipinski definition) is 3. The molecule has 0 atom stereocenters. The van der Waals surface area contributed by atoms with Crippen LogP contribution in [0.4, 0.5) is 5.69 Å². The fourth-order valence-corrected chi connectivity index (χ4v) is 1.51. The number of carbonyl (C=O) groups excluding carboxylic acids is 1. The van der Waals surface area contributed by atoms with Gasteiger partial charge in [-0.1, -0.05) is 18.2 Å². The van der Waals surface area contributed by atoms with E-state index in [9.17, 15) is 4.79 Å². The number of benzene rings is 1. The number of hydrogen-bond donors (Lipinski definition) is 2. The molecule has 1 rings (SSSR count). The van der Waals surface area contributed by atoms with E-state index in [1.807, 2.05) is 31.2 Å². The molecule has 102 valence electrons. The van der Waals surface area contributed by atoms with E-state index < -0.39 is 0 Å². The van der Waals surface area contributed by atoms with Crippen molar-refractivity contribution < 1.29 is 9.53 Å². The molecule has 0 aliphatic heterocycles. The summed E-state index contributed by atoms with van der Waals surface area (Å²) in [5.74, 6) is 0.0351. The number of anilines is 1. The third kappa shape index (κ3) is 6.47. The Balaban J connectivity index is 0.00000289. The van der Waals surface area contributed by atoms with E-state index in [1.54, 1.807) is 0 Å². The number of halogens is 1. The van der Waals surface area contributed by atoms with Gasteiger partial charge in [0.1, 0.15) is 0 Å². The van der Waals surface area contributed by atoms with E-state index in [4.69, 9.17) is 10.5 Å². The van der Waals surface area contributed by atoms with Crippen molar-refractivity contribution in [3.63, 3.8) is 0 Å². The summed E-state index contributed by atoms with van der Waals surface area (Å²) in [5.41, 5.74) is 7.56. The summed E-state index contributed by atoms with van der Waals surface area (Å²) in [6, 6.07) is 7.62. The molecule has 1 amide bonds. The average molecular weight is 273 g/mol. The van der Waals surface area contributed by atoms with Crippen LogP contribution in [0.15, 0.2) is 24.3 Å². The molecule has 1 aromatic rings. The standard InChI is InChI=1S/C13H20N2O2.ClH/c1-2-17-10-9-15-13(16)8-7-11-5-3-4-6-12(11)14;/h3-6H,2,7-10,14H2,1H3,(H,15,16);1H. The van der Waals surface area contributed by atoms with Crippen LogP contribution < -0.4 is 11.1 Å². The number of amides is 1. The molecule has 0 saturated carbocycles. The normalized spacial score (nSPS) is 9.61. The summed E-state index contributed by atoms with van der Waals surface area (Å²) in [4.78, 5) is 11.5. The summed E-state index contributed by atoms with van der Waals surface area (Å²) in [7, 11) is 0. The van der Waals surface area contributed by atoms with Crippen molar-refractivity contribution in [1.29, 1.82) is 0 Å². The topological polar surface area (TPSA) is 64.3 Å². The lowest BCUT2D eigenvalue weighted by Gasteiger charge is -2.06. The van der Waals surface area contributed by atoms with Crippen LogP contribution in [0.5, 0.6) is 0 Å². The maximum atomic E-state index is 11.5. The largest absolute Gasteiger partial charge is 0.399 e. The monoisotopic (exact) mass is 272 g/mol. The summed E-state index contributed by atoms with van der Waals surface area (Å²) >= 11 is 0. The molecule has 0 spiro atoms. The minimum atomic E-state index is 0. The molecule has 0 saturated heterocycles. The second-order valence-corrected chi connectivity index (χ2v) is 3.75. The smallest absolute Gasteiger partial charge is 0.220 e. The predicted octanol–water partition coefficient (Wildman–Crippen LogP) is 1.78. The van der Waals surface area contributed by atoms with E-state index >= 15 is 0 Å². The summed E-state index contributed by atoms with van der Waals surface area (Å²) < 4.78 is 5.13. The van der Waals surface area contributed by atoms with Crippen molar-refractivity contribution in [3.05, 3.63) is 29.8 Å². The van der Waals surface area contributed by atoms with Crippen molar-refractivity contribution in [2.75, 3.05) is 25.5 Å². The Hall–Kier alpha value is -1.26. The second-order valence-electron chi connectivity index (χ2n) is 3.75. The van der Waals surface area contributed by atoms with Crippen LogP contribution in [-0.2, 0) is 16.0 Å². The third-order valence-corrected chi connectivity index (χ3v) is 2.45. The molecule has 5 heteroatoms. The van der Waals surface area contributed by atoms with Gasteiger partial charge in [-0.25, -0.2) is 0 Å². The molecule has 0 heterocycles. The van der Waals surface area contributed by atoms with Gasteiger partial charge in [0, 0.05) is 25.3 Å². The first-order valence-corrected chi connectivity index (χ1v) is 5.92. The number of nitrogens with two attached hydrogens (primary N) is 1. The summed E-state index contributed by atoms with van der Waals surface area (Å²) in [6.07, 6.45) is 1.13. The van der Waals surface area contributed by atoms with Gasteiger partial charge < -0.3 is 15.8 Å². The van der Waals surface area contributed by atoms with Crippen molar-refractivity contribution in [1.82, 2.24) is 5.32 Å². The zero-order chi connectivity index (χ0) is 12.5. The van der Waals surface area contributed by atoms with Gasteiger partial charge in [-0.05, 0) is 25.0 Å². The van der Waals surface area contributed by atoms with Gasteiger partial charge in [0.25, 0.3) is 0 Å². The quantitative estimate of drug-likeness (QED) is 0.587. The van der Waals surface area contributed by atoms with Gasteiger partial charge in [0.2, 0.25) is 5.91 Å². The Labute approximate surface area is 114 Å². The number of nitrogens with one attached hydrogen (secondary N) is 1. The first-order valence-electron chi connectivity index (χ1n) is 5.92. The zero-order valence-corrected chi connectivity index (χ0v) is 11.5. The highest BCUT2D eigenvalue weighted by molar-refractivity contribution is 5.85. The number of nitrogen functional groups attached to an aromatic ring is 1. The number of rotatable bonds is 7. The van der Waals surface area contributed by atoms with Crippen molar-refractivity contribution >= 4 is 24.0 Å². The Morgan fingerprint density at radius 3 is 2.78 bits per heavy atom. The van der Waals surface area contributed by atoms with Gasteiger partial charge in [-0.3, -0.25) is 4.79 Å². The molecule has 0 unspecified atom stereocenters. The highest BCUT2D eigenvalue weighted by Gasteiger charge is 2.03. The number of para-hydroxylation sites is 1. The van der Waals surface area contributed by atoms with E-state index in [2.05, 4.69) is 5.32 Å². The lowest BCUT2D eigenvalue weighted by atomic mass is 10.1. The third-order valence-electron chi connectivity index (χ3n) is 2.45. The van der Waals surface area contributed by atoms with E-state index in [1.165, 1.54) is 0 Å². The van der Waals surface area contributed by atoms with Gasteiger partial charge in [-0.2, -0.15) is 0 Å². The van der Waals surface area contributed by atoms with Crippen LogP contribution in [0.3, 0.4) is 0 Å². The first-order chi connectivity index (χ1) is 8.24. The number of aryl methyl sites for hydroxylation is 1. The molecule has 1 aromatic carbocycles. The van der Waals surface area contributed by atoms with Crippen LogP contribution in [0.25, 0.3) is 0 Å². The van der Waals surface area contributed by atoms with E-state index in [0.29, 0.717) is 32.6 Å². The summed E-state index contributed by atoms with van der Waals surface area (Å²) in [5, 5.41) is 2.80. The summed E-state index contributed by atoms with van der Waals surface area (Å²) in [6.45, 7) is 3.74. The highest BCUT2D eigenvalue weighted by Crippen LogP contribution is 2.12. The molecule has 0 aliphatic carbocycles. The lowest BCUT2D eigenvalue weighted by Crippen LogP contribution is -2.27. The minimum absolute atomic E-state index is 0. The number of ether oxygens (including phenoxy) is 1. The Bertz CT molecular complexity index is 359. The molecule has 4 nitrogen and oxygen atoms in total. The van der Waals surface area contributed by atoms with Crippen molar-refractivity contribution in [2.24, 2.45) is 0 Å². The van der Waals surface area contributed by atoms with Crippen molar-refractivity contribution in [3.8, 4) is 0 Å². The van der Waals surface area contributed by atoms with E-state index in [0.717, 1.165) is 11.3 Å². The predicted molar refractivity (Wildman–Crippen MR) is 75.9 cm³/mol. The fourth-order valence-electron chi connectivity index (χ4n) is 1.51. The molecule has 0 aliphatic rings. The molecule has 0 aromatic heterocycles. The molecule has 0 radical (unpaired) electrons. The van der Waals surface area contributed by atoms with E-state index in [-0.39, 0.29) is 18.3 Å². The molecule has 3 N–H and O–H groups in total. The SMILES string of the molecule is CCOCCNC(=O)CCc1ccccc1N.Cl. The Morgan fingerprint density at radius 2 is 2.11 bits per heavy atom. The molecular weight excluding hydrogens is 252 g/mol. The van der Waals surface area contributed by atoms with Gasteiger partial charge in [0.05, 0.1) is 6.61 Å². The van der Waals surface area contributed by atoms with Crippen LogP contribution in [0.2, 0.25) is 0 Å². The molecule has 18 heavy (non-hydrogen) atoms. The second kappa shape index (κ2) is 9.74. The number of carbonyl (C=O) groups is 1. The Kier molecular flexibility index (Phi) is 9.06. The minimum Gasteiger partial charge on any atom is -0.399 e. The fraction of sp³-hybridized carbons (Fsp3) is 0.462. The molecule has 0 fully saturated rings. The zero-order valence-electron chi connectivity index (χ0n) is 10.6. The van der Waals surface area contributed by atoms with Gasteiger partial charge >= 0.3 is 0 Å².